The summed E-state index contributed by atoms with van der Waals surface area (Å²) in [7, 11) is 0. The minimum Gasteiger partial charge on any atom is -0.322 e. The summed E-state index contributed by atoms with van der Waals surface area (Å²) in [4.78, 5) is 0. The molecule has 0 spiro atoms. The summed E-state index contributed by atoms with van der Waals surface area (Å²) in [5, 5.41) is 0. The zero-order valence-corrected chi connectivity index (χ0v) is 8.64. The summed E-state index contributed by atoms with van der Waals surface area (Å²) in [5.41, 5.74) is 6.41. The first kappa shape index (κ1) is 8.50. The Labute approximate surface area is 93.4 Å². The van der Waals surface area contributed by atoms with Gasteiger partial charge in [0.1, 0.15) is 0 Å². The van der Waals surface area contributed by atoms with Crippen LogP contribution in [0.1, 0.15) is 11.9 Å². The van der Waals surface area contributed by atoms with E-state index >= 15 is 0 Å². The van der Waals surface area contributed by atoms with Crippen LogP contribution >= 0.6 is 0 Å². The van der Waals surface area contributed by atoms with E-state index < -0.39 is 0 Å². The van der Waals surface area contributed by atoms with Crippen LogP contribution in [-0.2, 0) is 9.47 Å². The minimum atomic E-state index is -0.164. The minimum absolute atomic E-state index is 0.164. The Morgan fingerprint density at radius 3 is 2.31 bits per heavy atom. The van der Waals surface area contributed by atoms with Gasteiger partial charge in [-0.25, -0.2) is 0 Å². The molecule has 0 unspecified atom stereocenters. The van der Waals surface area contributed by atoms with E-state index in [0.29, 0.717) is 6.79 Å². The first-order chi connectivity index (χ1) is 7.95. The first-order valence-electron chi connectivity index (χ1n) is 5.41. The largest absolute Gasteiger partial charge is 0.322 e. The summed E-state index contributed by atoms with van der Waals surface area (Å²) in [6.45, 7) is 0.413. The van der Waals surface area contributed by atoms with Gasteiger partial charge < -0.3 is 9.47 Å². The number of rotatable bonds is 1. The summed E-state index contributed by atoms with van der Waals surface area (Å²) in [6.07, 6.45) is -0.164. The molecule has 0 aromatic heterocycles. The monoisotopic (exact) mass is 210 g/mol. The van der Waals surface area contributed by atoms with Crippen molar-refractivity contribution >= 4 is 0 Å². The Hall–Kier alpha value is -1.64. The zero-order valence-electron chi connectivity index (χ0n) is 8.64. The highest BCUT2D eigenvalue weighted by atomic mass is 16.8. The van der Waals surface area contributed by atoms with E-state index in [2.05, 4.69) is 42.5 Å². The molecule has 1 aliphatic carbocycles. The van der Waals surface area contributed by atoms with Gasteiger partial charge in [0.05, 0.1) is 0 Å². The summed E-state index contributed by atoms with van der Waals surface area (Å²) in [5.74, 6) is 0. The van der Waals surface area contributed by atoms with Crippen molar-refractivity contribution in [2.45, 2.75) is 6.29 Å². The van der Waals surface area contributed by atoms with Gasteiger partial charge in [-0.3, -0.25) is 0 Å². The smallest absolute Gasteiger partial charge is 0.189 e. The molecule has 0 amide bonds. The fraction of sp³-hybridized carbons (Fsp3) is 0.143. The van der Waals surface area contributed by atoms with Gasteiger partial charge in [-0.2, -0.15) is 0 Å². The van der Waals surface area contributed by atoms with Crippen molar-refractivity contribution in [1.82, 2.24) is 0 Å². The third-order valence-electron chi connectivity index (χ3n) is 3.28. The van der Waals surface area contributed by atoms with Crippen LogP contribution in [0, 0.1) is 0 Å². The molecule has 0 saturated carbocycles. The Kier molecular flexibility index (Phi) is 1.56. The molecule has 2 aliphatic rings. The zero-order chi connectivity index (χ0) is 10.5. The lowest BCUT2D eigenvalue weighted by molar-refractivity contribution is -0.326. The SMILES string of the molecule is c1ccc2c(c1)-c1cccc(C3OCO3)c1-2. The maximum absolute atomic E-state index is 5.38. The van der Waals surface area contributed by atoms with Crippen LogP contribution in [0.4, 0.5) is 0 Å². The third kappa shape index (κ3) is 0.932. The standard InChI is InChI=1S/C14H10O2/c1-2-5-10-9(4-1)11-6-3-7-12(13(10)11)14-15-8-16-14/h1-7,14H,8H2. The predicted octanol–water partition coefficient (Wildman–Crippen LogP) is 3.34. The Balaban J connectivity index is 1.91. The van der Waals surface area contributed by atoms with E-state index in [1.807, 2.05) is 0 Å². The molecule has 78 valence electrons. The van der Waals surface area contributed by atoms with Crippen molar-refractivity contribution in [2.24, 2.45) is 0 Å². The van der Waals surface area contributed by atoms with E-state index in [9.17, 15) is 0 Å². The number of ether oxygens (including phenoxy) is 2. The molecule has 16 heavy (non-hydrogen) atoms. The molecule has 0 radical (unpaired) electrons. The van der Waals surface area contributed by atoms with Crippen LogP contribution in [0.15, 0.2) is 42.5 Å². The molecule has 1 saturated heterocycles. The predicted molar refractivity (Wildman–Crippen MR) is 60.7 cm³/mol. The summed E-state index contributed by atoms with van der Waals surface area (Å²) < 4.78 is 10.8. The van der Waals surface area contributed by atoms with Crippen molar-refractivity contribution < 1.29 is 9.47 Å². The second-order valence-electron chi connectivity index (χ2n) is 4.10. The molecule has 0 atom stereocenters. The lowest BCUT2D eigenvalue weighted by Gasteiger charge is -2.33. The van der Waals surface area contributed by atoms with Crippen LogP contribution in [0.5, 0.6) is 0 Å². The number of benzene rings is 2. The normalized spacial score (nSPS) is 17.0. The van der Waals surface area contributed by atoms with Gasteiger partial charge in [0.25, 0.3) is 0 Å². The third-order valence-corrected chi connectivity index (χ3v) is 3.28. The number of fused-ring (bicyclic) bond motifs is 4. The van der Waals surface area contributed by atoms with Gasteiger partial charge in [-0.15, -0.1) is 0 Å². The molecule has 1 heterocycles. The highest BCUT2D eigenvalue weighted by Gasteiger charge is 2.31. The van der Waals surface area contributed by atoms with Gasteiger partial charge in [-0.05, 0) is 22.3 Å². The lowest BCUT2D eigenvalue weighted by Crippen LogP contribution is -2.23. The molecule has 2 heteroatoms. The highest BCUT2D eigenvalue weighted by molar-refractivity contribution is 6.03. The topological polar surface area (TPSA) is 18.5 Å². The maximum Gasteiger partial charge on any atom is 0.189 e. The van der Waals surface area contributed by atoms with Gasteiger partial charge >= 0.3 is 0 Å². The van der Waals surface area contributed by atoms with Gasteiger partial charge in [0, 0.05) is 5.56 Å². The molecular weight excluding hydrogens is 200 g/mol. The van der Waals surface area contributed by atoms with Crippen LogP contribution in [0.25, 0.3) is 22.3 Å². The maximum atomic E-state index is 5.38. The van der Waals surface area contributed by atoms with Crippen molar-refractivity contribution in [1.29, 1.82) is 0 Å². The van der Waals surface area contributed by atoms with E-state index in [1.54, 1.807) is 0 Å². The molecule has 2 aromatic rings. The van der Waals surface area contributed by atoms with E-state index in [0.717, 1.165) is 5.56 Å². The van der Waals surface area contributed by atoms with E-state index in [-0.39, 0.29) is 6.29 Å². The van der Waals surface area contributed by atoms with Crippen LogP contribution in [0.2, 0.25) is 0 Å². The lowest BCUT2D eigenvalue weighted by atomic mass is 9.78. The van der Waals surface area contributed by atoms with Crippen LogP contribution < -0.4 is 0 Å². The summed E-state index contributed by atoms with van der Waals surface area (Å²) >= 11 is 0. The van der Waals surface area contributed by atoms with Gasteiger partial charge in [-0.1, -0.05) is 42.5 Å². The molecule has 2 nitrogen and oxygen atoms in total. The number of hydrogen-bond acceptors (Lipinski definition) is 2. The second-order valence-corrected chi connectivity index (χ2v) is 4.10. The fourth-order valence-electron chi connectivity index (χ4n) is 2.48. The average molecular weight is 210 g/mol. The molecule has 2 aromatic carbocycles. The van der Waals surface area contributed by atoms with Crippen molar-refractivity contribution in [3.8, 4) is 22.3 Å². The fourth-order valence-corrected chi connectivity index (χ4v) is 2.48. The quantitative estimate of drug-likeness (QED) is 0.613. The molecule has 1 fully saturated rings. The van der Waals surface area contributed by atoms with Crippen LogP contribution in [0.3, 0.4) is 0 Å². The molecular formula is C14H10O2. The summed E-state index contributed by atoms with van der Waals surface area (Å²) in [6, 6.07) is 14.8. The van der Waals surface area contributed by atoms with E-state index in [1.165, 1.54) is 22.3 Å². The Bertz CT molecular complexity index is 571. The van der Waals surface area contributed by atoms with Gasteiger partial charge in [0.15, 0.2) is 13.1 Å². The highest BCUT2D eigenvalue weighted by Crippen LogP contribution is 2.51. The first-order valence-corrected chi connectivity index (χ1v) is 5.41. The molecule has 0 N–H and O–H groups in total. The van der Waals surface area contributed by atoms with Crippen LogP contribution in [-0.4, -0.2) is 6.79 Å². The number of hydrogen-bond donors (Lipinski definition) is 0. The second kappa shape index (κ2) is 2.94. The Morgan fingerprint density at radius 2 is 1.56 bits per heavy atom. The molecule has 4 rings (SSSR count). The van der Waals surface area contributed by atoms with Crippen molar-refractivity contribution in [3.63, 3.8) is 0 Å². The average Bonchev–Trinajstić information content (AvgIpc) is 2.23. The van der Waals surface area contributed by atoms with Crippen molar-refractivity contribution in [3.05, 3.63) is 48.0 Å². The van der Waals surface area contributed by atoms with Gasteiger partial charge in [0.2, 0.25) is 0 Å². The Morgan fingerprint density at radius 1 is 0.812 bits per heavy atom. The molecule has 1 aliphatic heterocycles. The molecule has 0 bridgehead atoms. The van der Waals surface area contributed by atoms with E-state index in [4.69, 9.17) is 9.47 Å². The van der Waals surface area contributed by atoms with Crippen molar-refractivity contribution in [2.75, 3.05) is 6.79 Å².